The van der Waals surface area contributed by atoms with Gasteiger partial charge in [0, 0.05) is 69.2 Å². The number of hydrogen-bond donors (Lipinski definition) is 1. The van der Waals surface area contributed by atoms with Crippen molar-refractivity contribution in [2.45, 2.75) is 12.5 Å². The second-order valence-corrected chi connectivity index (χ2v) is 8.17. The molecule has 1 saturated heterocycles. The zero-order chi connectivity index (χ0) is 20.4. The summed E-state index contributed by atoms with van der Waals surface area (Å²) in [7, 11) is 6.14. The molecule has 2 aromatic rings. The van der Waals surface area contributed by atoms with E-state index >= 15 is 0 Å². The average Bonchev–Trinajstić information content (AvgIpc) is 2.74. The summed E-state index contributed by atoms with van der Waals surface area (Å²) in [5.74, 6) is 0.895. The number of rotatable bonds is 4. The Labute approximate surface area is 173 Å². The fraction of sp³-hybridized carbons (Fsp3) is 0.435. The summed E-state index contributed by atoms with van der Waals surface area (Å²) in [6.45, 7) is 4.66. The number of anilines is 2. The SMILES string of the molecule is CN1CCN(c2cccc3c2CC(NC(=O)c2ccc(N(C)C)cc2)CO3)CC1. The Balaban J connectivity index is 1.46. The molecule has 6 nitrogen and oxygen atoms in total. The van der Waals surface area contributed by atoms with Crippen LogP contribution in [0, 0.1) is 0 Å². The number of carbonyl (C=O) groups excluding carboxylic acids is 1. The van der Waals surface area contributed by atoms with E-state index in [2.05, 4.69) is 34.3 Å². The zero-order valence-electron chi connectivity index (χ0n) is 17.5. The van der Waals surface area contributed by atoms with Gasteiger partial charge in [0.25, 0.3) is 5.91 Å². The number of benzene rings is 2. The third kappa shape index (κ3) is 4.32. The Bertz CT molecular complexity index is 858. The molecule has 29 heavy (non-hydrogen) atoms. The number of nitrogens with zero attached hydrogens (tertiary/aromatic N) is 3. The molecule has 2 aromatic carbocycles. The van der Waals surface area contributed by atoms with Crippen LogP contribution in [0.1, 0.15) is 15.9 Å². The summed E-state index contributed by atoms with van der Waals surface area (Å²) in [6.07, 6.45) is 0.791. The third-order valence-corrected chi connectivity index (χ3v) is 5.82. The molecule has 1 N–H and O–H groups in total. The van der Waals surface area contributed by atoms with E-state index in [1.807, 2.05) is 49.3 Å². The molecule has 1 amide bonds. The molecule has 2 aliphatic heterocycles. The number of likely N-dealkylation sites (N-methyl/N-ethyl adjacent to an activating group) is 1. The van der Waals surface area contributed by atoms with Crippen molar-refractivity contribution < 1.29 is 9.53 Å². The van der Waals surface area contributed by atoms with Crippen LogP contribution in [-0.2, 0) is 6.42 Å². The molecule has 1 fully saturated rings. The van der Waals surface area contributed by atoms with Crippen molar-refractivity contribution in [3.63, 3.8) is 0 Å². The van der Waals surface area contributed by atoms with E-state index in [4.69, 9.17) is 4.74 Å². The summed E-state index contributed by atoms with van der Waals surface area (Å²) >= 11 is 0. The molecule has 0 radical (unpaired) electrons. The second-order valence-electron chi connectivity index (χ2n) is 8.17. The number of piperazine rings is 1. The Morgan fingerprint density at radius 1 is 1.07 bits per heavy atom. The molecule has 0 aliphatic carbocycles. The normalized spacial score (nSPS) is 19.3. The minimum absolute atomic E-state index is 0.0304. The van der Waals surface area contributed by atoms with Crippen LogP contribution >= 0.6 is 0 Å². The highest BCUT2D eigenvalue weighted by atomic mass is 16.5. The lowest BCUT2D eigenvalue weighted by atomic mass is 9.99. The van der Waals surface area contributed by atoms with E-state index in [9.17, 15) is 4.79 Å². The molecule has 1 unspecified atom stereocenters. The molecular formula is C23H30N4O2. The standard InChI is InChI=1S/C23H30N4O2/c1-25(2)19-9-7-17(8-10-19)23(28)24-18-15-20-21(5-4-6-22(20)29-16-18)27-13-11-26(3)12-14-27/h4-10,18H,11-16H2,1-3H3,(H,24,28). The van der Waals surface area contributed by atoms with Crippen molar-refractivity contribution in [1.82, 2.24) is 10.2 Å². The molecule has 2 heterocycles. The van der Waals surface area contributed by atoms with Gasteiger partial charge in [0.15, 0.2) is 0 Å². The maximum Gasteiger partial charge on any atom is 0.251 e. The van der Waals surface area contributed by atoms with E-state index in [1.54, 1.807) is 0 Å². The predicted octanol–water partition coefficient (Wildman–Crippen LogP) is 2.24. The van der Waals surface area contributed by atoms with Gasteiger partial charge < -0.3 is 24.8 Å². The number of hydrogen-bond acceptors (Lipinski definition) is 5. The van der Waals surface area contributed by atoms with Gasteiger partial charge in [0.2, 0.25) is 0 Å². The molecule has 0 aromatic heterocycles. The van der Waals surface area contributed by atoms with Crippen molar-refractivity contribution in [2.24, 2.45) is 0 Å². The summed E-state index contributed by atoms with van der Waals surface area (Å²) in [5, 5.41) is 3.16. The van der Waals surface area contributed by atoms with Crippen LogP contribution in [0.5, 0.6) is 5.75 Å². The van der Waals surface area contributed by atoms with Gasteiger partial charge in [-0.05, 0) is 43.4 Å². The van der Waals surface area contributed by atoms with E-state index in [0.717, 1.165) is 44.0 Å². The van der Waals surface area contributed by atoms with Gasteiger partial charge >= 0.3 is 0 Å². The van der Waals surface area contributed by atoms with E-state index in [-0.39, 0.29) is 11.9 Å². The van der Waals surface area contributed by atoms with E-state index < -0.39 is 0 Å². The average molecular weight is 395 g/mol. The fourth-order valence-electron chi connectivity index (χ4n) is 4.01. The molecule has 1 atom stereocenters. The predicted molar refractivity (Wildman–Crippen MR) is 117 cm³/mol. The summed E-state index contributed by atoms with van der Waals surface area (Å²) < 4.78 is 6.02. The second kappa shape index (κ2) is 8.33. The summed E-state index contributed by atoms with van der Waals surface area (Å²) in [6, 6.07) is 13.9. The molecule has 2 aliphatic rings. The Kier molecular flexibility index (Phi) is 5.62. The highest BCUT2D eigenvalue weighted by Crippen LogP contribution is 2.34. The quantitative estimate of drug-likeness (QED) is 0.862. The Morgan fingerprint density at radius 3 is 2.48 bits per heavy atom. The van der Waals surface area contributed by atoms with Crippen molar-refractivity contribution in [3.05, 3.63) is 53.6 Å². The van der Waals surface area contributed by atoms with Crippen LogP contribution in [0.3, 0.4) is 0 Å². The lowest BCUT2D eigenvalue weighted by Crippen LogP contribution is -2.46. The first-order valence-corrected chi connectivity index (χ1v) is 10.3. The maximum absolute atomic E-state index is 12.7. The first-order valence-electron chi connectivity index (χ1n) is 10.3. The highest BCUT2D eigenvalue weighted by Gasteiger charge is 2.26. The molecule has 6 heteroatoms. The first kappa shape index (κ1) is 19.6. The Morgan fingerprint density at radius 2 is 1.79 bits per heavy atom. The molecule has 154 valence electrons. The number of amides is 1. The van der Waals surface area contributed by atoms with Gasteiger partial charge in [-0.25, -0.2) is 0 Å². The minimum atomic E-state index is -0.0514. The van der Waals surface area contributed by atoms with Gasteiger partial charge in [-0.2, -0.15) is 0 Å². The highest BCUT2D eigenvalue weighted by molar-refractivity contribution is 5.94. The van der Waals surface area contributed by atoms with Crippen molar-refractivity contribution in [3.8, 4) is 5.75 Å². The van der Waals surface area contributed by atoms with Gasteiger partial charge in [0.05, 0.1) is 6.04 Å². The number of fused-ring (bicyclic) bond motifs is 1. The smallest absolute Gasteiger partial charge is 0.251 e. The van der Waals surface area contributed by atoms with Crippen LogP contribution in [-0.4, -0.2) is 70.8 Å². The van der Waals surface area contributed by atoms with Gasteiger partial charge in [-0.3, -0.25) is 4.79 Å². The van der Waals surface area contributed by atoms with Gasteiger partial charge in [-0.15, -0.1) is 0 Å². The summed E-state index contributed by atoms with van der Waals surface area (Å²) in [5.41, 5.74) is 4.20. The number of carbonyl (C=O) groups is 1. The lowest BCUT2D eigenvalue weighted by molar-refractivity contribution is 0.0915. The maximum atomic E-state index is 12.7. The minimum Gasteiger partial charge on any atom is -0.491 e. The summed E-state index contributed by atoms with van der Waals surface area (Å²) in [4.78, 5) is 19.5. The first-order chi connectivity index (χ1) is 14.0. The monoisotopic (exact) mass is 394 g/mol. The van der Waals surface area contributed by atoms with Gasteiger partial charge in [-0.1, -0.05) is 6.07 Å². The largest absolute Gasteiger partial charge is 0.491 e. The van der Waals surface area contributed by atoms with E-state index in [0.29, 0.717) is 12.2 Å². The van der Waals surface area contributed by atoms with Crippen LogP contribution in [0.2, 0.25) is 0 Å². The molecule has 0 bridgehead atoms. The molecule has 4 rings (SSSR count). The van der Waals surface area contributed by atoms with Gasteiger partial charge in [0.1, 0.15) is 12.4 Å². The number of ether oxygens (including phenoxy) is 1. The van der Waals surface area contributed by atoms with Crippen LogP contribution in [0.25, 0.3) is 0 Å². The van der Waals surface area contributed by atoms with Crippen LogP contribution in [0.4, 0.5) is 11.4 Å². The van der Waals surface area contributed by atoms with Crippen molar-refractivity contribution in [1.29, 1.82) is 0 Å². The van der Waals surface area contributed by atoms with Crippen LogP contribution < -0.4 is 19.9 Å². The zero-order valence-corrected chi connectivity index (χ0v) is 17.5. The molecular weight excluding hydrogens is 364 g/mol. The van der Waals surface area contributed by atoms with Crippen LogP contribution in [0.15, 0.2) is 42.5 Å². The third-order valence-electron chi connectivity index (χ3n) is 5.82. The van der Waals surface area contributed by atoms with E-state index in [1.165, 1.54) is 11.3 Å². The lowest BCUT2D eigenvalue weighted by Gasteiger charge is -2.37. The Hall–Kier alpha value is -2.73. The fourth-order valence-corrected chi connectivity index (χ4v) is 4.01. The molecule has 0 saturated carbocycles. The molecule has 0 spiro atoms. The number of nitrogens with one attached hydrogen (secondary N) is 1. The van der Waals surface area contributed by atoms with Crippen molar-refractivity contribution in [2.75, 3.05) is 63.7 Å². The topological polar surface area (TPSA) is 48.0 Å². The van der Waals surface area contributed by atoms with Crippen molar-refractivity contribution >= 4 is 17.3 Å².